The second kappa shape index (κ2) is 6.13. The number of aromatic nitrogens is 2. The summed E-state index contributed by atoms with van der Waals surface area (Å²) in [5, 5.41) is 0.714. The van der Waals surface area contributed by atoms with Gasteiger partial charge in [0.1, 0.15) is 4.83 Å². The van der Waals surface area contributed by atoms with Crippen LogP contribution in [0.2, 0.25) is 0 Å². The van der Waals surface area contributed by atoms with E-state index >= 15 is 0 Å². The van der Waals surface area contributed by atoms with E-state index in [1.54, 1.807) is 24.8 Å². The Labute approximate surface area is 137 Å². The Balaban J connectivity index is 2.00. The Morgan fingerprint density at radius 2 is 2.13 bits per heavy atom. The number of aldehydes is 1. The first-order valence-corrected chi connectivity index (χ1v) is 7.73. The summed E-state index contributed by atoms with van der Waals surface area (Å²) in [6, 6.07) is 5.59. The van der Waals surface area contributed by atoms with Crippen LogP contribution in [0.4, 0.5) is 17.1 Å². The minimum absolute atomic E-state index is 0.511. The summed E-state index contributed by atoms with van der Waals surface area (Å²) >= 11 is 1.28. The normalized spacial score (nSPS) is 11.2. The SMILES string of the molecule is Cc1ccc(N(C)C=Nc2c(C=O)sc3nccc(N)c23)cn1. The van der Waals surface area contributed by atoms with E-state index in [1.165, 1.54) is 11.3 Å². The molecule has 7 heteroatoms. The lowest BCUT2D eigenvalue weighted by atomic mass is 10.2. The number of rotatable bonds is 4. The smallest absolute Gasteiger partial charge is 0.162 e. The first-order chi connectivity index (χ1) is 11.1. The standard InChI is InChI=1S/C16H15N5OS/c1-10-3-4-11(7-19-10)21(2)9-20-15-13(8-22)23-16-14(15)12(17)5-6-18-16/h3-9H,1-2H3,(H2,17,18). The fourth-order valence-electron chi connectivity index (χ4n) is 2.14. The quantitative estimate of drug-likeness (QED) is 0.452. The van der Waals surface area contributed by atoms with Crippen molar-refractivity contribution in [2.45, 2.75) is 6.92 Å². The highest BCUT2D eigenvalue weighted by atomic mass is 32.1. The van der Waals surface area contributed by atoms with E-state index in [4.69, 9.17) is 5.73 Å². The third kappa shape index (κ3) is 2.91. The van der Waals surface area contributed by atoms with E-state index in [0.717, 1.165) is 17.7 Å². The number of carbonyl (C=O) groups is 1. The third-order valence-electron chi connectivity index (χ3n) is 3.40. The number of nitrogens with two attached hydrogens (primary N) is 1. The third-order valence-corrected chi connectivity index (χ3v) is 4.41. The monoisotopic (exact) mass is 325 g/mol. The second-order valence-corrected chi connectivity index (χ2v) is 6.06. The molecule has 0 spiro atoms. The molecule has 0 unspecified atom stereocenters. The van der Waals surface area contributed by atoms with Gasteiger partial charge in [0, 0.05) is 24.6 Å². The van der Waals surface area contributed by atoms with Crippen LogP contribution in [-0.2, 0) is 0 Å². The molecule has 6 nitrogen and oxygen atoms in total. The van der Waals surface area contributed by atoms with Crippen molar-refractivity contribution in [3.63, 3.8) is 0 Å². The molecule has 2 N–H and O–H groups in total. The Kier molecular flexibility index (Phi) is 4.03. The number of carbonyl (C=O) groups excluding carboxylic acids is 1. The molecule has 0 aliphatic heterocycles. The van der Waals surface area contributed by atoms with Crippen LogP contribution in [-0.4, -0.2) is 29.6 Å². The van der Waals surface area contributed by atoms with Gasteiger partial charge in [0.25, 0.3) is 0 Å². The average Bonchev–Trinajstić information content (AvgIpc) is 2.92. The van der Waals surface area contributed by atoms with Crippen LogP contribution in [0.5, 0.6) is 0 Å². The Morgan fingerprint density at radius 3 is 2.83 bits per heavy atom. The number of thiophene rings is 1. The molecule has 3 rings (SSSR count). The first kappa shape index (κ1) is 15.1. The molecule has 116 valence electrons. The molecule has 23 heavy (non-hydrogen) atoms. The van der Waals surface area contributed by atoms with Crippen molar-refractivity contribution in [2.24, 2.45) is 4.99 Å². The predicted octanol–water partition coefficient (Wildman–Crippen LogP) is 3.19. The molecule has 0 fully saturated rings. The minimum atomic E-state index is 0.511. The van der Waals surface area contributed by atoms with Crippen LogP contribution in [0.1, 0.15) is 15.4 Å². The molecule has 0 aliphatic rings. The molecule has 0 bridgehead atoms. The van der Waals surface area contributed by atoms with E-state index in [2.05, 4.69) is 15.0 Å². The number of nitrogen functional groups attached to an aromatic ring is 1. The maximum Gasteiger partial charge on any atom is 0.162 e. The van der Waals surface area contributed by atoms with Gasteiger partial charge in [-0.05, 0) is 25.1 Å². The van der Waals surface area contributed by atoms with Gasteiger partial charge in [-0.1, -0.05) is 0 Å². The van der Waals surface area contributed by atoms with Crippen molar-refractivity contribution in [3.8, 4) is 0 Å². The molecule has 0 amide bonds. The molecular formula is C16H15N5OS. The lowest BCUT2D eigenvalue weighted by Crippen LogP contribution is -2.14. The number of nitrogens with zero attached hydrogens (tertiary/aromatic N) is 4. The second-order valence-electron chi connectivity index (χ2n) is 5.03. The van der Waals surface area contributed by atoms with Crippen LogP contribution < -0.4 is 10.6 Å². The van der Waals surface area contributed by atoms with E-state index < -0.39 is 0 Å². The fourth-order valence-corrected chi connectivity index (χ4v) is 3.07. The maximum atomic E-state index is 11.3. The van der Waals surface area contributed by atoms with Crippen LogP contribution in [0, 0.1) is 6.92 Å². The summed E-state index contributed by atoms with van der Waals surface area (Å²) in [5.41, 5.74) is 8.98. The summed E-state index contributed by atoms with van der Waals surface area (Å²) in [7, 11) is 1.87. The fraction of sp³-hybridized carbons (Fsp3) is 0.125. The Bertz CT molecular complexity index is 885. The number of pyridine rings is 2. The molecule has 3 aromatic heterocycles. The zero-order valence-corrected chi connectivity index (χ0v) is 13.5. The summed E-state index contributed by atoms with van der Waals surface area (Å²) in [6.45, 7) is 1.93. The van der Waals surface area contributed by atoms with Gasteiger partial charge < -0.3 is 10.6 Å². The summed E-state index contributed by atoms with van der Waals surface area (Å²) in [4.78, 5) is 27.3. The molecule has 0 atom stereocenters. The topological polar surface area (TPSA) is 84.5 Å². The van der Waals surface area contributed by atoms with Crippen molar-refractivity contribution in [2.75, 3.05) is 17.7 Å². The van der Waals surface area contributed by atoms with E-state index in [9.17, 15) is 4.79 Å². The Morgan fingerprint density at radius 1 is 1.30 bits per heavy atom. The van der Waals surface area contributed by atoms with Gasteiger partial charge in [-0.25, -0.2) is 9.98 Å². The lowest BCUT2D eigenvalue weighted by molar-refractivity contribution is 0.112. The highest BCUT2D eigenvalue weighted by Gasteiger charge is 2.14. The van der Waals surface area contributed by atoms with Gasteiger partial charge in [0.2, 0.25) is 0 Å². The highest BCUT2D eigenvalue weighted by Crippen LogP contribution is 2.38. The van der Waals surface area contributed by atoms with Gasteiger partial charge in [-0.15, -0.1) is 11.3 Å². The van der Waals surface area contributed by atoms with Crippen LogP contribution in [0.15, 0.2) is 35.6 Å². The van der Waals surface area contributed by atoms with Gasteiger partial charge in [0.15, 0.2) is 6.29 Å². The average molecular weight is 325 g/mol. The number of anilines is 2. The minimum Gasteiger partial charge on any atom is -0.398 e. The van der Waals surface area contributed by atoms with Crippen molar-refractivity contribution in [1.29, 1.82) is 0 Å². The van der Waals surface area contributed by atoms with E-state index in [-0.39, 0.29) is 0 Å². The number of hydrogen-bond donors (Lipinski definition) is 1. The molecule has 0 saturated carbocycles. The van der Waals surface area contributed by atoms with Crippen LogP contribution in [0.3, 0.4) is 0 Å². The molecule has 0 saturated heterocycles. The largest absolute Gasteiger partial charge is 0.398 e. The van der Waals surface area contributed by atoms with Crippen LogP contribution >= 0.6 is 11.3 Å². The van der Waals surface area contributed by atoms with Crippen molar-refractivity contribution < 1.29 is 4.79 Å². The molecular weight excluding hydrogens is 310 g/mol. The number of fused-ring (bicyclic) bond motifs is 1. The predicted molar refractivity (Wildman–Crippen MR) is 94.9 cm³/mol. The molecule has 0 aliphatic carbocycles. The number of aryl methyl sites for hydroxylation is 1. The summed E-state index contributed by atoms with van der Waals surface area (Å²) < 4.78 is 0. The molecule has 0 radical (unpaired) electrons. The van der Waals surface area contributed by atoms with Crippen molar-refractivity contribution in [3.05, 3.63) is 41.2 Å². The molecule has 0 aromatic carbocycles. The lowest BCUT2D eigenvalue weighted by Gasteiger charge is -2.12. The summed E-state index contributed by atoms with van der Waals surface area (Å²) in [6.07, 6.45) is 5.82. The van der Waals surface area contributed by atoms with Gasteiger partial charge >= 0.3 is 0 Å². The van der Waals surface area contributed by atoms with Crippen molar-refractivity contribution >= 4 is 51.2 Å². The number of hydrogen-bond acceptors (Lipinski definition) is 6. The Hall–Kier alpha value is -2.80. The van der Waals surface area contributed by atoms with Crippen molar-refractivity contribution in [1.82, 2.24) is 9.97 Å². The first-order valence-electron chi connectivity index (χ1n) is 6.92. The highest BCUT2D eigenvalue weighted by molar-refractivity contribution is 7.21. The maximum absolute atomic E-state index is 11.3. The summed E-state index contributed by atoms with van der Waals surface area (Å²) in [5.74, 6) is 0. The van der Waals surface area contributed by atoms with E-state index in [0.29, 0.717) is 26.5 Å². The van der Waals surface area contributed by atoms with Gasteiger partial charge in [-0.3, -0.25) is 9.78 Å². The number of aliphatic imine (C=N–C) groups is 1. The van der Waals surface area contributed by atoms with Gasteiger partial charge in [0.05, 0.1) is 34.2 Å². The van der Waals surface area contributed by atoms with Crippen LogP contribution in [0.25, 0.3) is 10.2 Å². The van der Waals surface area contributed by atoms with E-state index in [1.807, 2.05) is 31.0 Å². The van der Waals surface area contributed by atoms with Gasteiger partial charge in [-0.2, -0.15) is 0 Å². The molecule has 3 heterocycles. The zero-order valence-electron chi connectivity index (χ0n) is 12.7. The molecule has 3 aromatic rings. The zero-order chi connectivity index (χ0) is 16.4.